The normalized spacial score (nSPS) is 14.2. The Morgan fingerprint density at radius 3 is 2.60 bits per heavy atom. The number of carbonyl (C=O) groups is 2. The summed E-state index contributed by atoms with van der Waals surface area (Å²) in [5.41, 5.74) is 7.77. The number of nitrogens with one attached hydrogen (secondary N) is 3. The van der Waals surface area contributed by atoms with Crippen molar-refractivity contribution in [2.24, 2.45) is 5.73 Å². The van der Waals surface area contributed by atoms with Crippen LogP contribution in [0, 0.1) is 0 Å². The van der Waals surface area contributed by atoms with Gasteiger partial charge in [0.25, 0.3) is 5.91 Å². The molecule has 35 heavy (non-hydrogen) atoms. The van der Waals surface area contributed by atoms with E-state index < -0.39 is 5.91 Å². The number of morpholine rings is 1. The lowest BCUT2D eigenvalue weighted by atomic mass is 10.1. The summed E-state index contributed by atoms with van der Waals surface area (Å²) >= 11 is 6.30. The van der Waals surface area contributed by atoms with Crippen LogP contribution in [0.1, 0.15) is 28.9 Å². The molecule has 2 heterocycles. The minimum atomic E-state index is -0.640. The maximum absolute atomic E-state index is 12.6. The Morgan fingerprint density at radius 1 is 1.14 bits per heavy atom. The topological polar surface area (TPSA) is 134 Å². The summed E-state index contributed by atoms with van der Waals surface area (Å²) in [6, 6.07) is 14.4. The lowest BCUT2D eigenvalue weighted by Crippen LogP contribution is -2.43. The molecule has 1 saturated heterocycles. The summed E-state index contributed by atoms with van der Waals surface area (Å²) in [6.07, 6.45) is 1.37. The Morgan fingerprint density at radius 2 is 1.89 bits per heavy atom. The lowest BCUT2D eigenvalue weighted by molar-refractivity contribution is 0.0564. The van der Waals surface area contributed by atoms with Crippen molar-refractivity contribution in [2.45, 2.75) is 13.0 Å². The van der Waals surface area contributed by atoms with Crippen molar-refractivity contribution in [3.8, 4) is 0 Å². The highest BCUT2D eigenvalue weighted by Crippen LogP contribution is 2.28. The summed E-state index contributed by atoms with van der Waals surface area (Å²) in [4.78, 5) is 34.8. The van der Waals surface area contributed by atoms with Crippen LogP contribution < -0.4 is 21.7 Å². The molecule has 0 bridgehead atoms. The van der Waals surface area contributed by atoms with Crippen LogP contribution in [0.2, 0.25) is 5.02 Å². The van der Waals surface area contributed by atoms with Gasteiger partial charge in [-0.3, -0.25) is 4.79 Å². The molecular weight excluding hydrogens is 470 g/mol. The van der Waals surface area contributed by atoms with Crippen molar-refractivity contribution >= 4 is 46.7 Å². The number of benzene rings is 2. The van der Waals surface area contributed by atoms with Crippen molar-refractivity contribution in [3.63, 3.8) is 0 Å². The molecule has 1 unspecified atom stereocenters. The SMILES string of the molecule is CC(Nc1nc(Nc2ccc(Cl)c(NC(=O)N3CCOCC3)c2)ncc1C(N)=O)c1ccccc1. The Hall–Kier alpha value is -3.89. The number of carbonyl (C=O) groups excluding carboxylic acids is 2. The van der Waals surface area contributed by atoms with Gasteiger partial charge < -0.3 is 31.3 Å². The molecule has 1 aliphatic rings. The Balaban J connectivity index is 1.52. The number of primary amides is 1. The lowest BCUT2D eigenvalue weighted by Gasteiger charge is -2.27. The molecule has 11 heteroatoms. The molecule has 0 spiro atoms. The van der Waals surface area contributed by atoms with Crippen LogP contribution in [0.5, 0.6) is 0 Å². The molecular formula is C24H26ClN7O3. The van der Waals surface area contributed by atoms with Gasteiger partial charge in [0.15, 0.2) is 0 Å². The van der Waals surface area contributed by atoms with Gasteiger partial charge in [0, 0.05) is 31.0 Å². The van der Waals surface area contributed by atoms with E-state index in [4.69, 9.17) is 22.1 Å². The summed E-state index contributed by atoms with van der Waals surface area (Å²) in [7, 11) is 0. The molecule has 1 aliphatic heterocycles. The van der Waals surface area contributed by atoms with E-state index in [1.165, 1.54) is 6.20 Å². The molecule has 4 rings (SSSR count). The molecule has 0 saturated carbocycles. The van der Waals surface area contributed by atoms with E-state index in [2.05, 4.69) is 25.9 Å². The number of halogens is 1. The number of hydrogen-bond donors (Lipinski definition) is 4. The molecule has 0 aliphatic carbocycles. The van der Waals surface area contributed by atoms with Gasteiger partial charge in [-0.15, -0.1) is 0 Å². The first-order valence-electron chi connectivity index (χ1n) is 11.1. The van der Waals surface area contributed by atoms with Gasteiger partial charge in [0.1, 0.15) is 5.82 Å². The smallest absolute Gasteiger partial charge is 0.322 e. The zero-order valence-corrected chi connectivity index (χ0v) is 19.9. The fourth-order valence-corrected chi connectivity index (χ4v) is 3.72. The number of nitrogens with zero attached hydrogens (tertiary/aromatic N) is 3. The molecule has 2 aromatic carbocycles. The predicted octanol–water partition coefficient (Wildman–Crippen LogP) is 4.01. The maximum Gasteiger partial charge on any atom is 0.322 e. The van der Waals surface area contributed by atoms with Gasteiger partial charge in [0.2, 0.25) is 5.95 Å². The van der Waals surface area contributed by atoms with E-state index in [0.29, 0.717) is 48.5 Å². The van der Waals surface area contributed by atoms with Crippen LogP contribution in [-0.2, 0) is 4.74 Å². The third-order valence-corrected chi connectivity index (χ3v) is 5.80. The highest BCUT2D eigenvalue weighted by molar-refractivity contribution is 6.33. The molecule has 182 valence electrons. The molecule has 1 fully saturated rings. The molecule has 1 aromatic heterocycles. The Kier molecular flexibility index (Phi) is 7.64. The van der Waals surface area contributed by atoms with Gasteiger partial charge in [-0.05, 0) is 30.7 Å². The first-order valence-corrected chi connectivity index (χ1v) is 11.5. The molecule has 10 nitrogen and oxygen atoms in total. The molecule has 0 radical (unpaired) electrons. The van der Waals surface area contributed by atoms with E-state index in [9.17, 15) is 9.59 Å². The minimum Gasteiger partial charge on any atom is -0.378 e. The standard InChI is InChI=1S/C24H26ClN7O3/c1-15(16-5-3-2-4-6-16)28-22-18(21(26)33)14-27-23(31-22)29-17-7-8-19(25)20(13-17)30-24(34)32-9-11-35-12-10-32/h2-8,13-15H,9-12H2,1H3,(H2,26,33)(H,30,34)(H2,27,28,29,31). The van der Waals surface area contributed by atoms with Crippen molar-refractivity contribution in [1.82, 2.24) is 14.9 Å². The van der Waals surface area contributed by atoms with Gasteiger partial charge in [-0.2, -0.15) is 4.98 Å². The number of anilines is 4. The predicted molar refractivity (Wildman–Crippen MR) is 135 cm³/mol. The average molecular weight is 496 g/mol. The van der Waals surface area contributed by atoms with Crippen molar-refractivity contribution in [2.75, 3.05) is 42.3 Å². The summed E-state index contributed by atoms with van der Waals surface area (Å²) in [5.74, 6) is -0.0920. The highest BCUT2D eigenvalue weighted by Gasteiger charge is 2.19. The van der Waals surface area contributed by atoms with E-state index >= 15 is 0 Å². The third kappa shape index (κ3) is 6.17. The quantitative estimate of drug-likeness (QED) is 0.389. The first-order chi connectivity index (χ1) is 16.9. The van der Waals surface area contributed by atoms with Crippen LogP contribution in [0.3, 0.4) is 0 Å². The minimum absolute atomic E-state index is 0.130. The molecule has 1 atom stereocenters. The van der Waals surface area contributed by atoms with Crippen LogP contribution >= 0.6 is 11.6 Å². The third-order valence-electron chi connectivity index (χ3n) is 5.47. The zero-order chi connectivity index (χ0) is 24.8. The van der Waals surface area contributed by atoms with Crippen LogP contribution in [0.15, 0.2) is 54.7 Å². The van der Waals surface area contributed by atoms with Crippen LogP contribution in [0.25, 0.3) is 0 Å². The van der Waals surface area contributed by atoms with Gasteiger partial charge >= 0.3 is 6.03 Å². The fourth-order valence-electron chi connectivity index (χ4n) is 3.55. The highest BCUT2D eigenvalue weighted by atomic mass is 35.5. The monoisotopic (exact) mass is 495 g/mol. The molecule has 5 N–H and O–H groups in total. The first kappa shape index (κ1) is 24.2. The van der Waals surface area contributed by atoms with Gasteiger partial charge in [0.05, 0.1) is 29.5 Å². The van der Waals surface area contributed by atoms with E-state index in [-0.39, 0.29) is 23.6 Å². The van der Waals surface area contributed by atoms with Crippen molar-refractivity contribution in [3.05, 3.63) is 70.9 Å². The summed E-state index contributed by atoms with van der Waals surface area (Å²) in [6.45, 7) is 3.98. The molecule has 3 aromatic rings. The zero-order valence-electron chi connectivity index (χ0n) is 19.1. The van der Waals surface area contributed by atoms with E-state index in [1.54, 1.807) is 23.1 Å². The second-order valence-electron chi connectivity index (χ2n) is 7.95. The second-order valence-corrected chi connectivity index (χ2v) is 8.35. The number of aromatic nitrogens is 2. The van der Waals surface area contributed by atoms with Crippen LogP contribution in [-0.4, -0.2) is 53.1 Å². The summed E-state index contributed by atoms with van der Waals surface area (Å²) < 4.78 is 5.29. The number of rotatable bonds is 7. The number of nitrogens with two attached hydrogens (primary N) is 1. The number of urea groups is 1. The number of ether oxygens (including phenoxy) is 1. The van der Waals surface area contributed by atoms with Crippen LogP contribution in [0.4, 0.5) is 27.9 Å². The van der Waals surface area contributed by atoms with Gasteiger partial charge in [-0.25, -0.2) is 9.78 Å². The van der Waals surface area contributed by atoms with Crippen molar-refractivity contribution in [1.29, 1.82) is 0 Å². The average Bonchev–Trinajstić information content (AvgIpc) is 2.87. The number of amides is 3. The van der Waals surface area contributed by atoms with Gasteiger partial charge in [-0.1, -0.05) is 41.9 Å². The largest absolute Gasteiger partial charge is 0.378 e. The van der Waals surface area contributed by atoms with E-state index in [1.807, 2.05) is 37.3 Å². The molecule has 3 amide bonds. The van der Waals surface area contributed by atoms with E-state index in [0.717, 1.165) is 5.56 Å². The Bertz CT molecular complexity index is 1200. The summed E-state index contributed by atoms with van der Waals surface area (Å²) in [5, 5.41) is 9.54. The second kappa shape index (κ2) is 11.0. The Labute approximate surface area is 207 Å². The fraction of sp³-hybridized carbons (Fsp3) is 0.250. The number of hydrogen-bond acceptors (Lipinski definition) is 7. The van der Waals surface area contributed by atoms with Crippen molar-refractivity contribution < 1.29 is 14.3 Å². The maximum atomic E-state index is 12.6.